The Kier molecular flexibility index (Phi) is 1.97. The Bertz CT molecular complexity index is 562. The first-order chi connectivity index (χ1) is 6.72. The van der Waals surface area contributed by atoms with Gasteiger partial charge in [-0.25, -0.2) is 4.79 Å². The highest BCUT2D eigenvalue weighted by Crippen LogP contribution is 2.10. The predicted molar refractivity (Wildman–Crippen MR) is 52.3 cm³/mol. The minimum Gasteiger partial charge on any atom is -0.355 e. The third-order valence-electron chi connectivity index (χ3n) is 2.07. The molecule has 0 saturated heterocycles. The van der Waals surface area contributed by atoms with Crippen molar-refractivity contribution in [3.63, 3.8) is 0 Å². The molecular weight excluding hydrogens is 184 g/mol. The molecular formula is C8H10N4O2. The number of aromatic nitrogens is 3. The Morgan fingerprint density at radius 1 is 1.21 bits per heavy atom. The molecule has 2 rings (SSSR count). The van der Waals surface area contributed by atoms with Crippen LogP contribution in [0.2, 0.25) is 0 Å². The van der Waals surface area contributed by atoms with Crippen molar-refractivity contribution in [3.8, 4) is 0 Å². The molecule has 2 aromatic rings. The number of H-pyrrole nitrogens is 3. The highest BCUT2D eigenvalue weighted by atomic mass is 16.2. The second kappa shape index (κ2) is 3.15. The predicted octanol–water partition coefficient (Wildman–Crippen LogP) is -0.954. The fraction of sp³-hybridized carbons (Fsp3) is 0.250. The third kappa shape index (κ3) is 1.25. The summed E-state index contributed by atoms with van der Waals surface area (Å²) < 4.78 is 0. The van der Waals surface area contributed by atoms with Crippen LogP contribution in [0.25, 0.3) is 11.0 Å². The average Bonchev–Trinajstić information content (AvgIpc) is 2.49. The van der Waals surface area contributed by atoms with E-state index in [9.17, 15) is 9.59 Å². The van der Waals surface area contributed by atoms with Crippen molar-refractivity contribution in [2.45, 2.75) is 6.42 Å². The Morgan fingerprint density at radius 3 is 2.71 bits per heavy atom. The van der Waals surface area contributed by atoms with Gasteiger partial charge in [-0.15, -0.1) is 0 Å². The molecule has 14 heavy (non-hydrogen) atoms. The topological polar surface area (TPSA) is 108 Å². The molecule has 0 saturated carbocycles. The van der Waals surface area contributed by atoms with Crippen LogP contribution in [-0.4, -0.2) is 21.5 Å². The van der Waals surface area contributed by atoms with Crippen molar-refractivity contribution in [3.05, 3.63) is 32.6 Å². The molecule has 74 valence electrons. The van der Waals surface area contributed by atoms with Gasteiger partial charge >= 0.3 is 5.69 Å². The molecule has 2 aromatic heterocycles. The summed E-state index contributed by atoms with van der Waals surface area (Å²) in [7, 11) is 0. The lowest BCUT2D eigenvalue weighted by Crippen LogP contribution is -2.22. The van der Waals surface area contributed by atoms with Crippen molar-refractivity contribution in [2.75, 3.05) is 6.54 Å². The maximum atomic E-state index is 11.3. The van der Waals surface area contributed by atoms with Crippen molar-refractivity contribution < 1.29 is 0 Å². The summed E-state index contributed by atoms with van der Waals surface area (Å²) in [4.78, 5) is 29.8. The molecule has 0 aliphatic heterocycles. The van der Waals surface area contributed by atoms with Crippen molar-refractivity contribution in [1.82, 2.24) is 15.0 Å². The minimum absolute atomic E-state index is 0.382. The standard InChI is InChI=1S/C8H10N4O2/c9-2-1-4-3-10-6-5(4)11-8(14)12-7(6)13/h3,10H,1-2,9H2,(H2,11,12,13,14). The summed E-state index contributed by atoms with van der Waals surface area (Å²) in [5, 5.41) is 0. The number of hydrogen-bond donors (Lipinski definition) is 4. The molecule has 6 heteroatoms. The van der Waals surface area contributed by atoms with Gasteiger partial charge < -0.3 is 15.7 Å². The highest BCUT2D eigenvalue weighted by Gasteiger charge is 2.06. The molecule has 0 radical (unpaired) electrons. The first kappa shape index (κ1) is 8.76. The largest absolute Gasteiger partial charge is 0.355 e. The van der Waals surface area contributed by atoms with Gasteiger partial charge in [-0.2, -0.15) is 0 Å². The van der Waals surface area contributed by atoms with Gasteiger partial charge in [-0.1, -0.05) is 0 Å². The number of hydrogen-bond acceptors (Lipinski definition) is 3. The van der Waals surface area contributed by atoms with Crippen molar-refractivity contribution >= 4 is 11.0 Å². The normalized spacial score (nSPS) is 10.9. The molecule has 0 amide bonds. The van der Waals surface area contributed by atoms with Crippen molar-refractivity contribution in [1.29, 1.82) is 0 Å². The Morgan fingerprint density at radius 2 is 2.00 bits per heavy atom. The number of nitrogens with two attached hydrogens (primary N) is 1. The van der Waals surface area contributed by atoms with E-state index in [1.807, 2.05) is 0 Å². The van der Waals surface area contributed by atoms with Crippen LogP contribution in [0.15, 0.2) is 15.8 Å². The van der Waals surface area contributed by atoms with Crippen LogP contribution in [0.1, 0.15) is 5.56 Å². The van der Waals surface area contributed by atoms with Gasteiger partial charge in [-0.3, -0.25) is 9.78 Å². The van der Waals surface area contributed by atoms with Crippen LogP contribution < -0.4 is 17.0 Å². The highest BCUT2D eigenvalue weighted by molar-refractivity contribution is 5.77. The molecule has 0 unspecified atom stereocenters. The summed E-state index contributed by atoms with van der Waals surface area (Å²) >= 11 is 0. The second-order valence-corrected chi connectivity index (χ2v) is 3.01. The fourth-order valence-electron chi connectivity index (χ4n) is 1.45. The molecule has 0 atom stereocenters. The molecule has 0 bridgehead atoms. The number of rotatable bonds is 2. The van der Waals surface area contributed by atoms with Crippen LogP contribution >= 0.6 is 0 Å². The molecule has 0 aromatic carbocycles. The monoisotopic (exact) mass is 194 g/mol. The molecule has 0 aliphatic carbocycles. The number of nitrogens with one attached hydrogen (secondary N) is 3. The van der Waals surface area contributed by atoms with E-state index >= 15 is 0 Å². The summed E-state index contributed by atoms with van der Waals surface area (Å²) in [6, 6.07) is 0. The van der Waals surface area contributed by atoms with Gasteiger partial charge in [0, 0.05) is 6.20 Å². The first-order valence-electron chi connectivity index (χ1n) is 4.25. The molecule has 0 fully saturated rings. The van der Waals surface area contributed by atoms with E-state index in [4.69, 9.17) is 5.73 Å². The molecule has 6 nitrogen and oxygen atoms in total. The summed E-state index contributed by atoms with van der Waals surface area (Å²) in [5.41, 5.74) is 6.27. The van der Waals surface area contributed by atoms with E-state index in [1.165, 1.54) is 0 Å². The van der Waals surface area contributed by atoms with Gasteiger partial charge in [0.15, 0.2) is 0 Å². The van der Waals surface area contributed by atoms with Gasteiger partial charge in [-0.05, 0) is 18.5 Å². The second-order valence-electron chi connectivity index (χ2n) is 3.01. The van der Waals surface area contributed by atoms with E-state index < -0.39 is 11.2 Å². The van der Waals surface area contributed by atoms with Gasteiger partial charge in [0.25, 0.3) is 5.56 Å². The lowest BCUT2D eigenvalue weighted by molar-refractivity contribution is 0.970. The van der Waals surface area contributed by atoms with Crippen LogP contribution in [0.5, 0.6) is 0 Å². The smallest absolute Gasteiger partial charge is 0.326 e. The van der Waals surface area contributed by atoms with Gasteiger partial charge in [0.05, 0.1) is 5.52 Å². The van der Waals surface area contributed by atoms with Gasteiger partial charge in [0.1, 0.15) is 5.52 Å². The van der Waals surface area contributed by atoms with E-state index in [2.05, 4.69) is 15.0 Å². The van der Waals surface area contributed by atoms with Crippen LogP contribution in [0.4, 0.5) is 0 Å². The maximum Gasteiger partial charge on any atom is 0.326 e. The summed E-state index contributed by atoms with van der Waals surface area (Å²) in [5.74, 6) is 0. The zero-order chi connectivity index (χ0) is 10.1. The van der Waals surface area contributed by atoms with E-state index in [-0.39, 0.29) is 0 Å². The minimum atomic E-state index is -0.500. The maximum absolute atomic E-state index is 11.3. The van der Waals surface area contributed by atoms with Crippen LogP contribution in [0.3, 0.4) is 0 Å². The number of fused-ring (bicyclic) bond motifs is 1. The zero-order valence-electron chi connectivity index (χ0n) is 7.39. The zero-order valence-corrected chi connectivity index (χ0v) is 7.39. The van der Waals surface area contributed by atoms with E-state index in [1.54, 1.807) is 6.20 Å². The third-order valence-corrected chi connectivity index (χ3v) is 2.07. The van der Waals surface area contributed by atoms with E-state index in [0.717, 1.165) is 5.56 Å². The van der Waals surface area contributed by atoms with Crippen LogP contribution in [-0.2, 0) is 6.42 Å². The summed E-state index contributed by atoms with van der Waals surface area (Å²) in [6.07, 6.45) is 2.31. The average molecular weight is 194 g/mol. The van der Waals surface area contributed by atoms with Crippen LogP contribution in [0, 0.1) is 0 Å². The van der Waals surface area contributed by atoms with Crippen molar-refractivity contribution in [2.24, 2.45) is 5.73 Å². The first-order valence-corrected chi connectivity index (χ1v) is 4.25. The molecule has 2 heterocycles. The molecule has 5 N–H and O–H groups in total. The quantitative estimate of drug-likeness (QED) is 0.494. The Labute approximate surface area is 78.2 Å². The molecule has 0 aliphatic rings. The Hall–Kier alpha value is -1.82. The van der Waals surface area contributed by atoms with E-state index in [0.29, 0.717) is 24.0 Å². The number of aromatic amines is 3. The summed E-state index contributed by atoms with van der Waals surface area (Å²) in [6.45, 7) is 0.474. The lowest BCUT2D eigenvalue weighted by Gasteiger charge is -1.93. The fourth-order valence-corrected chi connectivity index (χ4v) is 1.45. The van der Waals surface area contributed by atoms with Gasteiger partial charge in [0.2, 0.25) is 0 Å². The Balaban J connectivity index is 2.79. The molecule has 0 spiro atoms. The SMILES string of the molecule is NCCc1c[nH]c2c(=O)[nH]c(=O)[nH]c12. The lowest BCUT2D eigenvalue weighted by atomic mass is 10.2.